The van der Waals surface area contributed by atoms with Gasteiger partial charge >= 0.3 is 0 Å². The summed E-state index contributed by atoms with van der Waals surface area (Å²) in [5.41, 5.74) is 6.94. The number of rotatable bonds is 5. The number of hydrogen-bond acceptors (Lipinski definition) is 2. The van der Waals surface area contributed by atoms with E-state index in [-0.39, 0.29) is 0 Å². The van der Waals surface area contributed by atoms with Crippen molar-refractivity contribution in [2.45, 2.75) is 26.7 Å². The Kier molecular flexibility index (Phi) is 5.58. The predicted molar refractivity (Wildman–Crippen MR) is 73.1 cm³/mol. The first-order valence-corrected chi connectivity index (χ1v) is 6.97. The number of halogens is 1. The summed E-state index contributed by atoms with van der Waals surface area (Å²) in [5.74, 6) is 0.577. The molecule has 0 atom stereocenters. The van der Waals surface area contributed by atoms with Crippen LogP contribution in [0.3, 0.4) is 0 Å². The summed E-state index contributed by atoms with van der Waals surface area (Å²) >= 11 is 5.29. The largest absolute Gasteiger partial charge is 0.330 e. The zero-order valence-corrected chi connectivity index (χ0v) is 11.7. The lowest BCUT2D eigenvalue weighted by molar-refractivity contribution is 0.826. The Labute approximate surface area is 105 Å². The van der Waals surface area contributed by atoms with E-state index in [0.29, 0.717) is 5.92 Å². The van der Waals surface area contributed by atoms with E-state index < -0.39 is 0 Å². The van der Waals surface area contributed by atoms with Crippen molar-refractivity contribution in [2.75, 3.05) is 6.54 Å². The van der Waals surface area contributed by atoms with Crippen LogP contribution < -0.4 is 5.73 Å². The fourth-order valence-electron chi connectivity index (χ4n) is 1.46. The SMILES string of the molecule is CC(C)/C(=C\CCCN)c1cc(Br)cs1. The quantitative estimate of drug-likeness (QED) is 0.804. The van der Waals surface area contributed by atoms with E-state index in [1.807, 2.05) is 0 Å². The van der Waals surface area contributed by atoms with Gasteiger partial charge in [-0.15, -0.1) is 11.3 Å². The molecule has 0 spiro atoms. The summed E-state index contributed by atoms with van der Waals surface area (Å²) in [5, 5.41) is 2.13. The Hall–Kier alpha value is -0.120. The minimum absolute atomic E-state index is 0.577. The molecule has 84 valence electrons. The number of nitrogens with two attached hydrogens (primary N) is 1. The maximum absolute atomic E-state index is 5.50. The highest BCUT2D eigenvalue weighted by molar-refractivity contribution is 9.10. The molecule has 1 rings (SSSR count). The lowest BCUT2D eigenvalue weighted by Crippen LogP contribution is -1.98. The molecule has 0 aromatic carbocycles. The molecule has 0 aliphatic carbocycles. The maximum Gasteiger partial charge on any atom is 0.0313 e. The van der Waals surface area contributed by atoms with Gasteiger partial charge in [0.2, 0.25) is 0 Å². The third kappa shape index (κ3) is 4.09. The molecule has 0 saturated carbocycles. The van der Waals surface area contributed by atoms with Gasteiger partial charge in [0.15, 0.2) is 0 Å². The second kappa shape index (κ2) is 6.46. The molecule has 15 heavy (non-hydrogen) atoms. The monoisotopic (exact) mass is 287 g/mol. The first-order valence-electron chi connectivity index (χ1n) is 5.29. The van der Waals surface area contributed by atoms with Crippen molar-refractivity contribution in [3.05, 3.63) is 26.9 Å². The van der Waals surface area contributed by atoms with Gasteiger partial charge in [-0.1, -0.05) is 19.9 Å². The van der Waals surface area contributed by atoms with Crippen LogP contribution in [0.1, 0.15) is 31.6 Å². The van der Waals surface area contributed by atoms with Crippen LogP contribution >= 0.6 is 27.3 Å². The number of hydrogen-bond donors (Lipinski definition) is 1. The minimum Gasteiger partial charge on any atom is -0.330 e. The lowest BCUT2D eigenvalue weighted by atomic mass is 10.00. The molecule has 1 heterocycles. The molecule has 1 aromatic rings. The van der Waals surface area contributed by atoms with Crippen LogP contribution in [0.15, 0.2) is 22.0 Å². The predicted octanol–water partition coefficient (Wildman–Crippen LogP) is 4.29. The van der Waals surface area contributed by atoms with Crippen LogP contribution in [-0.2, 0) is 0 Å². The van der Waals surface area contributed by atoms with Gasteiger partial charge in [0, 0.05) is 14.7 Å². The third-order valence-corrected chi connectivity index (χ3v) is 3.99. The molecular formula is C12H18BrNS. The number of thiophene rings is 1. The molecule has 0 saturated heterocycles. The molecule has 0 fully saturated rings. The van der Waals surface area contributed by atoms with E-state index in [1.54, 1.807) is 11.3 Å². The van der Waals surface area contributed by atoms with Gasteiger partial charge in [-0.3, -0.25) is 0 Å². The van der Waals surface area contributed by atoms with Gasteiger partial charge in [-0.25, -0.2) is 0 Å². The normalized spacial score (nSPS) is 12.5. The van der Waals surface area contributed by atoms with E-state index in [9.17, 15) is 0 Å². The van der Waals surface area contributed by atoms with Gasteiger partial charge in [0.1, 0.15) is 0 Å². The van der Waals surface area contributed by atoms with Gasteiger partial charge in [-0.05, 0) is 52.9 Å². The highest BCUT2D eigenvalue weighted by atomic mass is 79.9. The van der Waals surface area contributed by atoms with Crippen molar-refractivity contribution in [3.63, 3.8) is 0 Å². The summed E-state index contributed by atoms with van der Waals surface area (Å²) in [4.78, 5) is 1.37. The Morgan fingerprint density at radius 2 is 2.33 bits per heavy atom. The zero-order chi connectivity index (χ0) is 11.3. The average molecular weight is 288 g/mol. The molecule has 1 nitrogen and oxygen atoms in total. The molecule has 0 amide bonds. The molecule has 0 aliphatic rings. The van der Waals surface area contributed by atoms with Crippen LogP contribution in [0.5, 0.6) is 0 Å². The third-order valence-electron chi connectivity index (χ3n) is 2.25. The van der Waals surface area contributed by atoms with Crippen LogP contribution in [0.2, 0.25) is 0 Å². The fourth-order valence-corrected chi connectivity index (χ4v) is 3.08. The van der Waals surface area contributed by atoms with Crippen molar-refractivity contribution in [2.24, 2.45) is 11.7 Å². The Balaban J connectivity index is 2.78. The fraction of sp³-hybridized carbons (Fsp3) is 0.500. The summed E-state index contributed by atoms with van der Waals surface area (Å²) in [6.45, 7) is 5.25. The molecule has 1 aromatic heterocycles. The minimum atomic E-state index is 0.577. The van der Waals surface area contributed by atoms with Gasteiger partial charge in [-0.2, -0.15) is 0 Å². The molecule has 2 N–H and O–H groups in total. The van der Waals surface area contributed by atoms with Crippen LogP contribution in [0, 0.1) is 5.92 Å². The smallest absolute Gasteiger partial charge is 0.0313 e. The van der Waals surface area contributed by atoms with Crippen molar-refractivity contribution < 1.29 is 0 Å². The van der Waals surface area contributed by atoms with Gasteiger partial charge in [0.25, 0.3) is 0 Å². The van der Waals surface area contributed by atoms with Crippen molar-refractivity contribution in [1.82, 2.24) is 0 Å². The second-order valence-corrected chi connectivity index (χ2v) is 5.70. The summed E-state index contributed by atoms with van der Waals surface area (Å²) < 4.78 is 1.17. The average Bonchev–Trinajstić information content (AvgIpc) is 2.59. The van der Waals surface area contributed by atoms with E-state index in [0.717, 1.165) is 19.4 Å². The first kappa shape index (κ1) is 12.9. The van der Waals surface area contributed by atoms with E-state index in [1.165, 1.54) is 14.9 Å². The standard InChI is InChI=1S/C12H18BrNS/c1-9(2)11(5-3-4-6-14)12-7-10(13)8-15-12/h5,7-9H,3-4,6,14H2,1-2H3/b11-5+. The topological polar surface area (TPSA) is 26.0 Å². The van der Waals surface area contributed by atoms with Gasteiger partial charge in [0.05, 0.1) is 0 Å². The van der Waals surface area contributed by atoms with Gasteiger partial charge < -0.3 is 5.73 Å². The zero-order valence-electron chi connectivity index (χ0n) is 9.29. The Bertz CT molecular complexity index is 328. The van der Waals surface area contributed by atoms with E-state index in [4.69, 9.17) is 5.73 Å². The highest BCUT2D eigenvalue weighted by Crippen LogP contribution is 2.31. The Morgan fingerprint density at radius 3 is 2.80 bits per heavy atom. The number of allylic oxidation sites excluding steroid dienone is 2. The molecule has 0 aliphatic heterocycles. The molecule has 0 unspecified atom stereocenters. The van der Waals surface area contributed by atoms with Crippen LogP contribution in [0.4, 0.5) is 0 Å². The van der Waals surface area contributed by atoms with E-state index in [2.05, 4.69) is 47.3 Å². The van der Waals surface area contributed by atoms with Crippen molar-refractivity contribution >= 4 is 32.8 Å². The highest BCUT2D eigenvalue weighted by Gasteiger charge is 2.08. The maximum atomic E-state index is 5.50. The summed E-state index contributed by atoms with van der Waals surface area (Å²) in [7, 11) is 0. The number of unbranched alkanes of at least 4 members (excludes halogenated alkanes) is 1. The van der Waals surface area contributed by atoms with Crippen molar-refractivity contribution in [3.8, 4) is 0 Å². The van der Waals surface area contributed by atoms with Crippen LogP contribution in [-0.4, -0.2) is 6.54 Å². The van der Waals surface area contributed by atoms with Crippen molar-refractivity contribution in [1.29, 1.82) is 0 Å². The molecular weight excluding hydrogens is 270 g/mol. The molecule has 0 radical (unpaired) electrons. The van der Waals surface area contributed by atoms with Crippen LogP contribution in [0.25, 0.3) is 5.57 Å². The molecule has 0 bridgehead atoms. The molecule has 3 heteroatoms. The van der Waals surface area contributed by atoms with E-state index >= 15 is 0 Å². The Morgan fingerprint density at radius 1 is 1.60 bits per heavy atom. The summed E-state index contributed by atoms with van der Waals surface area (Å²) in [6, 6.07) is 2.19. The second-order valence-electron chi connectivity index (χ2n) is 3.87. The summed E-state index contributed by atoms with van der Waals surface area (Å²) in [6.07, 6.45) is 4.48. The lowest BCUT2D eigenvalue weighted by Gasteiger charge is -2.09. The first-order chi connectivity index (χ1) is 7.15.